The third kappa shape index (κ3) is 9.81. The lowest BCUT2D eigenvalue weighted by molar-refractivity contribution is -0.122. The smallest absolute Gasteiger partial charge is 0.290 e. The van der Waals surface area contributed by atoms with Crippen molar-refractivity contribution in [3.8, 4) is 0 Å². The Balaban J connectivity index is 0.000000247. The van der Waals surface area contributed by atoms with E-state index in [4.69, 9.17) is 21.4 Å². The van der Waals surface area contributed by atoms with Gasteiger partial charge in [-0.15, -0.1) is 0 Å². The molecular formula is C13H16N2O2. The lowest BCUT2D eigenvalue weighted by atomic mass is 10.3. The number of carboxylic acid groups (broad SMARTS) is 1. The second-order valence-corrected chi connectivity index (χ2v) is 2.93. The molecule has 0 radical (unpaired) electrons. The average molecular weight is 232 g/mol. The summed E-state index contributed by atoms with van der Waals surface area (Å²) in [6.07, 6.45) is 0. The highest BCUT2D eigenvalue weighted by Gasteiger charge is 1.72. The first-order chi connectivity index (χ1) is 8.20. The van der Waals surface area contributed by atoms with Gasteiger partial charge in [0.1, 0.15) is 0 Å². The zero-order chi connectivity index (χ0) is 12.9. The minimum Gasteiger partial charge on any atom is -0.483 e. The molecule has 4 nitrogen and oxygen atoms in total. The van der Waals surface area contributed by atoms with Gasteiger partial charge in [-0.25, -0.2) is 0 Å². The highest BCUT2D eigenvalue weighted by molar-refractivity contribution is 5.36. The molecule has 2 aromatic rings. The molecular weight excluding hydrogens is 216 g/mol. The summed E-state index contributed by atoms with van der Waals surface area (Å²) in [5.41, 5.74) is 12.4. The molecule has 0 heterocycles. The SMILES string of the molecule is Nc1ccccc1.Nc1ccccc1.O=CO. The van der Waals surface area contributed by atoms with Crippen LogP contribution in [-0.2, 0) is 4.79 Å². The number of anilines is 2. The van der Waals surface area contributed by atoms with Crippen molar-refractivity contribution < 1.29 is 9.90 Å². The maximum atomic E-state index is 8.36. The molecule has 0 atom stereocenters. The van der Waals surface area contributed by atoms with E-state index in [0.29, 0.717) is 0 Å². The molecule has 0 aromatic heterocycles. The van der Waals surface area contributed by atoms with Gasteiger partial charge in [-0.1, -0.05) is 36.4 Å². The van der Waals surface area contributed by atoms with Crippen molar-refractivity contribution in [2.75, 3.05) is 11.5 Å². The average Bonchev–Trinajstić information content (AvgIpc) is 2.33. The summed E-state index contributed by atoms with van der Waals surface area (Å²) in [6.45, 7) is -0.250. The third-order valence-corrected chi connectivity index (χ3v) is 1.60. The van der Waals surface area contributed by atoms with Gasteiger partial charge < -0.3 is 16.6 Å². The van der Waals surface area contributed by atoms with Crippen LogP contribution >= 0.6 is 0 Å². The third-order valence-electron chi connectivity index (χ3n) is 1.60. The van der Waals surface area contributed by atoms with E-state index in [0.717, 1.165) is 11.4 Å². The van der Waals surface area contributed by atoms with Crippen LogP contribution in [0.1, 0.15) is 0 Å². The van der Waals surface area contributed by atoms with Crippen LogP contribution in [0.3, 0.4) is 0 Å². The Hall–Kier alpha value is -2.49. The molecule has 2 aromatic carbocycles. The van der Waals surface area contributed by atoms with Gasteiger partial charge in [-0.05, 0) is 24.3 Å². The van der Waals surface area contributed by atoms with E-state index in [1.165, 1.54) is 0 Å². The highest BCUT2D eigenvalue weighted by atomic mass is 16.3. The molecule has 4 heteroatoms. The fourth-order valence-corrected chi connectivity index (χ4v) is 0.906. The fourth-order valence-electron chi connectivity index (χ4n) is 0.906. The summed E-state index contributed by atoms with van der Waals surface area (Å²) in [7, 11) is 0. The van der Waals surface area contributed by atoms with Gasteiger partial charge in [0.25, 0.3) is 6.47 Å². The molecule has 90 valence electrons. The summed E-state index contributed by atoms with van der Waals surface area (Å²) in [5.74, 6) is 0. The second-order valence-electron chi connectivity index (χ2n) is 2.93. The van der Waals surface area contributed by atoms with Crippen LogP contribution < -0.4 is 11.5 Å². The predicted octanol–water partition coefficient (Wildman–Crippen LogP) is 2.24. The van der Waals surface area contributed by atoms with Crippen molar-refractivity contribution >= 4 is 17.8 Å². The van der Waals surface area contributed by atoms with Gasteiger partial charge >= 0.3 is 0 Å². The molecule has 0 spiro atoms. The monoisotopic (exact) mass is 232 g/mol. The van der Waals surface area contributed by atoms with Gasteiger partial charge in [0.15, 0.2) is 0 Å². The normalized spacial score (nSPS) is 7.76. The van der Waals surface area contributed by atoms with E-state index in [1.807, 2.05) is 60.7 Å². The zero-order valence-corrected chi connectivity index (χ0v) is 9.36. The Kier molecular flexibility index (Phi) is 8.57. The largest absolute Gasteiger partial charge is 0.483 e. The number of hydrogen-bond donors (Lipinski definition) is 3. The number of hydrogen-bond acceptors (Lipinski definition) is 3. The van der Waals surface area contributed by atoms with E-state index in [1.54, 1.807) is 0 Å². The summed E-state index contributed by atoms with van der Waals surface area (Å²) in [5, 5.41) is 6.89. The molecule has 0 fully saturated rings. The Bertz CT molecular complexity index is 353. The lowest BCUT2D eigenvalue weighted by Crippen LogP contribution is -1.79. The lowest BCUT2D eigenvalue weighted by Gasteiger charge is -1.83. The van der Waals surface area contributed by atoms with Crippen LogP contribution in [0.5, 0.6) is 0 Å². The van der Waals surface area contributed by atoms with Gasteiger partial charge in [0, 0.05) is 11.4 Å². The Morgan fingerprint density at radius 1 is 0.765 bits per heavy atom. The van der Waals surface area contributed by atoms with E-state index in [2.05, 4.69) is 0 Å². The number of nitrogen functional groups attached to an aromatic ring is 2. The molecule has 0 saturated heterocycles. The standard InChI is InChI=1S/2C6H7N.CH2O2/c2*7-6-4-2-1-3-5-6;2-1-3/h2*1-5H,7H2;1H,(H,2,3). The summed E-state index contributed by atoms with van der Waals surface area (Å²) in [4.78, 5) is 8.36. The molecule has 0 aliphatic heterocycles. The number of benzene rings is 2. The number of para-hydroxylation sites is 2. The van der Waals surface area contributed by atoms with Crippen molar-refractivity contribution in [2.45, 2.75) is 0 Å². The first kappa shape index (κ1) is 14.5. The molecule has 2 rings (SSSR count). The summed E-state index contributed by atoms with van der Waals surface area (Å²) in [6, 6.07) is 19.0. The first-order valence-corrected chi connectivity index (χ1v) is 4.89. The molecule has 0 bridgehead atoms. The molecule has 0 saturated carbocycles. The quantitative estimate of drug-likeness (QED) is 0.480. The number of nitrogens with two attached hydrogens (primary N) is 2. The topological polar surface area (TPSA) is 89.3 Å². The maximum absolute atomic E-state index is 8.36. The molecule has 0 amide bonds. The Morgan fingerprint density at radius 2 is 1.00 bits per heavy atom. The summed E-state index contributed by atoms with van der Waals surface area (Å²) < 4.78 is 0. The molecule has 17 heavy (non-hydrogen) atoms. The van der Waals surface area contributed by atoms with Gasteiger partial charge in [-0.3, -0.25) is 4.79 Å². The molecule has 0 aliphatic rings. The van der Waals surface area contributed by atoms with Crippen LogP contribution in [0.2, 0.25) is 0 Å². The van der Waals surface area contributed by atoms with Gasteiger partial charge in [0.05, 0.1) is 0 Å². The molecule has 0 aliphatic carbocycles. The summed E-state index contributed by atoms with van der Waals surface area (Å²) >= 11 is 0. The van der Waals surface area contributed by atoms with E-state index in [9.17, 15) is 0 Å². The van der Waals surface area contributed by atoms with E-state index >= 15 is 0 Å². The highest BCUT2D eigenvalue weighted by Crippen LogP contribution is 1.96. The minimum absolute atomic E-state index is 0.250. The minimum atomic E-state index is -0.250. The first-order valence-electron chi connectivity index (χ1n) is 4.89. The van der Waals surface area contributed by atoms with E-state index in [-0.39, 0.29) is 6.47 Å². The van der Waals surface area contributed by atoms with Crippen LogP contribution in [0.4, 0.5) is 11.4 Å². The predicted molar refractivity (Wildman–Crippen MR) is 70.4 cm³/mol. The Labute approximate surface area is 101 Å². The number of carbonyl (C=O) groups is 1. The van der Waals surface area contributed by atoms with Crippen LogP contribution in [-0.4, -0.2) is 11.6 Å². The molecule has 5 N–H and O–H groups in total. The van der Waals surface area contributed by atoms with Gasteiger partial charge in [-0.2, -0.15) is 0 Å². The number of rotatable bonds is 0. The van der Waals surface area contributed by atoms with Crippen LogP contribution in [0, 0.1) is 0 Å². The maximum Gasteiger partial charge on any atom is 0.290 e. The van der Waals surface area contributed by atoms with E-state index < -0.39 is 0 Å². The van der Waals surface area contributed by atoms with Crippen LogP contribution in [0.15, 0.2) is 60.7 Å². The van der Waals surface area contributed by atoms with Crippen molar-refractivity contribution in [3.63, 3.8) is 0 Å². The second kappa shape index (κ2) is 10.0. The fraction of sp³-hybridized carbons (Fsp3) is 0. The van der Waals surface area contributed by atoms with Crippen LogP contribution in [0.25, 0.3) is 0 Å². The van der Waals surface area contributed by atoms with Crippen molar-refractivity contribution in [1.82, 2.24) is 0 Å². The Morgan fingerprint density at radius 3 is 1.12 bits per heavy atom. The van der Waals surface area contributed by atoms with Crippen molar-refractivity contribution in [2.24, 2.45) is 0 Å². The molecule has 0 unspecified atom stereocenters. The van der Waals surface area contributed by atoms with Crippen molar-refractivity contribution in [3.05, 3.63) is 60.7 Å². The van der Waals surface area contributed by atoms with Gasteiger partial charge in [0.2, 0.25) is 0 Å². The zero-order valence-electron chi connectivity index (χ0n) is 9.36. The van der Waals surface area contributed by atoms with Crippen molar-refractivity contribution in [1.29, 1.82) is 0 Å².